The van der Waals surface area contributed by atoms with Gasteiger partial charge in [0.2, 0.25) is 11.8 Å². The fraction of sp³-hybridized carbons (Fsp3) is 0.200. The van der Waals surface area contributed by atoms with Gasteiger partial charge in [-0.3, -0.25) is 9.59 Å². The first-order chi connectivity index (χ1) is 12.0. The fourth-order valence-corrected chi connectivity index (χ4v) is 3.02. The summed E-state index contributed by atoms with van der Waals surface area (Å²) in [6.45, 7) is 3.27. The molecule has 0 radical (unpaired) electrons. The number of aryl methyl sites for hydroxylation is 1. The Morgan fingerprint density at radius 3 is 2.72 bits per heavy atom. The molecule has 1 N–H and O–H groups in total. The van der Waals surface area contributed by atoms with E-state index in [-0.39, 0.29) is 24.3 Å². The molecule has 1 unspecified atom stereocenters. The zero-order valence-electron chi connectivity index (χ0n) is 14.1. The minimum atomic E-state index is -0.405. The summed E-state index contributed by atoms with van der Waals surface area (Å²) in [5, 5.41) is 2.75. The lowest BCUT2D eigenvalue weighted by atomic mass is 9.93. The van der Waals surface area contributed by atoms with Gasteiger partial charge in [-0.05, 0) is 41.8 Å². The van der Waals surface area contributed by atoms with Gasteiger partial charge >= 0.3 is 0 Å². The van der Waals surface area contributed by atoms with E-state index in [0.717, 1.165) is 16.7 Å². The van der Waals surface area contributed by atoms with Crippen LogP contribution >= 0.6 is 0 Å². The average Bonchev–Trinajstić information content (AvgIpc) is 2.58. The maximum absolute atomic E-state index is 13.4. The molecule has 2 amide bonds. The van der Waals surface area contributed by atoms with Crippen LogP contribution in [0.1, 0.15) is 36.1 Å². The average molecular weight is 338 g/mol. The summed E-state index contributed by atoms with van der Waals surface area (Å²) in [5.74, 6) is -0.808. The van der Waals surface area contributed by atoms with Crippen molar-refractivity contribution in [2.45, 2.75) is 26.3 Å². The third kappa shape index (κ3) is 3.60. The van der Waals surface area contributed by atoms with Gasteiger partial charge in [-0.25, -0.2) is 4.39 Å². The molecule has 0 aliphatic carbocycles. The van der Waals surface area contributed by atoms with Crippen LogP contribution in [0.3, 0.4) is 0 Å². The normalized spacial score (nSPS) is 15.6. The molecule has 4 nitrogen and oxygen atoms in total. The molecule has 1 atom stereocenters. The van der Waals surface area contributed by atoms with Gasteiger partial charge < -0.3 is 10.2 Å². The second-order valence-corrected chi connectivity index (χ2v) is 6.10. The fourth-order valence-electron chi connectivity index (χ4n) is 3.02. The lowest BCUT2D eigenvalue weighted by Gasteiger charge is -2.32. The summed E-state index contributed by atoms with van der Waals surface area (Å²) in [4.78, 5) is 26.0. The van der Waals surface area contributed by atoms with E-state index in [9.17, 15) is 14.0 Å². The number of carbonyl (C=O) groups excluding carboxylic acids is 2. The first-order valence-corrected chi connectivity index (χ1v) is 8.08. The zero-order chi connectivity index (χ0) is 18.0. The van der Waals surface area contributed by atoms with Crippen LogP contribution in [0.15, 0.2) is 48.7 Å². The van der Waals surface area contributed by atoms with Crippen molar-refractivity contribution in [3.8, 4) is 0 Å². The lowest BCUT2D eigenvalue weighted by molar-refractivity contribution is -0.129. The van der Waals surface area contributed by atoms with Crippen LogP contribution in [-0.4, -0.2) is 16.7 Å². The summed E-state index contributed by atoms with van der Waals surface area (Å²) >= 11 is 0. The van der Waals surface area contributed by atoms with Gasteiger partial charge in [0.15, 0.2) is 0 Å². The lowest BCUT2D eigenvalue weighted by Crippen LogP contribution is -2.33. The molecule has 3 rings (SSSR count). The molecule has 128 valence electrons. The van der Waals surface area contributed by atoms with Crippen molar-refractivity contribution < 1.29 is 14.0 Å². The Balaban J connectivity index is 1.84. The molecule has 1 aliphatic heterocycles. The molecular formula is C20H19FN2O2. The van der Waals surface area contributed by atoms with Gasteiger partial charge in [0.1, 0.15) is 5.82 Å². The number of carbonyl (C=O) groups is 2. The molecule has 1 heterocycles. The van der Waals surface area contributed by atoms with Crippen molar-refractivity contribution in [3.63, 3.8) is 0 Å². The van der Waals surface area contributed by atoms with Gasteiger partial charge in [-0.2, -0.15) is 0 Å². The Labute approximate surface area is 146 Å². The van der Waals surface area contributed by atoms with Gasteiger partial charge in [0.25, 0.3) is 0 Å². The van der Waals surface area contributed by atoms with Crippen LogP contribution in [0, 0.1) is 12.7 Å². The van der Waals surface area contributed by atoms with Crippen LogP contribution in [-0.2, 0) is 9.59 Å². The monoisotopic (exact) mass is 338 g/mol. The molecule has 2 aromatic carbocycles. The SMILES string of the molecule is CC(=O)N1C=Cc2ccccc2C1CC(=O)Nc1cc(F)ccc1C. The molecule has 0 saturated heterocycles. The van der Waals surface area contributed by atoms with Crippen LogP contribution in [0.4, 0.5) is 10.1 Å². The van der Waals surface area contributed by atoms with Crippen LogP contribution in [0.25, 0.3) is 6.08 Å². The number of rotatable bonds is 3. The first kappa shape index (κ1) is 16.9. The van der Waals surface area contributed by atoms with Gasteiger partial charge in [-0.15, -0.1) is 0 Å². The Bertz CT molecular complexity index is 861. The maximum Gasteiger partial charge on any atom is 0.226 e. The standard InChI is InChI=1S/C20H19FN2O2/c1-13-7-8-16(21)11-18(13)22-20(25)12-19-17-6-4-3-5-15(17)9-10-23(19)14(2)24/h3-11,19H,12H2,1-2H3,(H,22,25). The third-order valence-electron chi connectivity index (χ3n) is 4.32. The number of benzene rings is 2. The molecule has 0 saturated carbocycles. The van der Waals surface area contributed by atoms with E-state index >= 15 is 0 Å². The molecule has 25 heavy (non-hydrogen) atoms. The topological polar surface area (TPSA) is 49.4 Å². The number of anilines is 1. The van der Waals surface area contributed by atoms with Crippen molar-refractivity contribution in [3.05, 3.63) is 71.2 Å². The Hall–Kier alpha value is -2.95. The van der Waals surface area contributed by atoms with Crippen molar-refractivity contribution in [2.75, 3.05) is 5.32 Å². The Kier molecular flexibility index (Phi) is 4.65. The predicted octanol–water partition coefficient (Wildman–Crippen LogP) is 4.04. The third-order valence-corrected chi connectivity index (χ3v) is 4.32. The quantitative estimate of drug-likeness (QED) is 0.918. The van der Waals surface area contributed by atoms with Gasteiger partial charge in [-0.1, -0.05) is 30.3 Å². The molecule has 0 bridgehead atoms. The van der Waals surface area contributed by atoms with E-state index in [0.29, 0.717) is 5.69 Å². The highest BCUT2D eigenvalue weighted by molar-refractivity contribution is 5.92. The second-order valence-electron chi connectivity index (χ2n) is 6.10. The van der Waals surface area contributed by atoms with E-state index in [2.05, 4.69) is 5.32 Å². The van der Waals surface area contributed by atoms with Gasteiger partial charge in [0.05, 0.1) is 12.5 Å². The minimum Gasteiger partial charge on any atom is -0.326 e. The summed E-state index contributed by atoms with van der Waals surface area (Å²) in [7, 11) is 0. The smallest absolute Gasteiger partial charge is 0.226 e. The predicted molar refractivity (Wildman–Crippen MR) is 95.1 cm³/mol. The highest BCUT2D eigenvalue weighted by Crippen LogP contribution is 2.33. The Morgan fingerprint density at radius 2 is 1.96 bits per heavy atom. The molecular weight excluding hydrogens is 319 g/mol. The number of hydrogen-bond acceptors (Lipinski definition) is 2. The number of nitrogens with one attached hydrogen (secondary N) is 1. The second kappa shape index (κ2) is 6.89. The van der Waals surface area contributed by atoms with E-state index in [4.69, 9.17) is 0 Å². The molecule has 0 fully saturated rings. The molecule has 0 aromatic heterocycles. The van der Waals surface area contributed by atoms with E-state index in [1.54, 1.807) is 24.1 Å². The number of amides is 2. The highest BCUT2D eigenvalue weighted by atomic mass is 19.1. The van der Waals surface area contributed by atoms with Crippen LogP contribution in [0.5, 0.6) is 0 Å². The minimum absolute atomic E-state index is 0.0941. The number of hydrogen-bond donors (Lipinski definition) is 1. The van der Waals surface area contributed by atoms with E-state index in [1.165, 1.54) is 19.1 Å². The van der Waals surface area contributed by atoms with Crippen molar-refractivity contribution in [2.24, 2.45) is 0 Å². The van der Waals surface area contributed by atoms with E-state index < -0.39 is 5.82 Å². The largest absolute Gasteiger partial charge is 0.326 e. The number of nitrogens with zero attached hydrogens (tertiary/aromatic N) is 1. The Morgan fingerprint density at radius 1 is 1.20 bits per heavy atom. The maximum atomic E-state index is 13.4. The van der Waals surface area contributed by atoms with Gasteiger partial charge in [0, 0.05) is 18.8 Å². The van der Waals surface area contributed by atoms with Crippen molar-refractivity contribution in [1.29, 1.82) is 0 Å². The van der Waals surface area contributed by atoms with Crippen LogP contribution in [0.2, 0.25) is 0 Å². The zero-order valence-corrected chi connectivity index (χ0v) is 14.1. The summed E-state index contributed by atoms with van der Waals surface area (Å²) in [6, 6.07) is 11.6. The summed E-state index contributed by atoms with van der Waals surface area (Å²) in [5.41, 5.74) is 3.13. The molecule has 0 spiro atoms. The highest BCUT2D eigenvalue weighted by Gasteiger charge is 2.28. The summed E-state index contributed by atoms with van der Waals surface area (Å²) < 4.78 is 13.4. The number of halogens is 1. The van der Waals surface area contributed by atoms with Crippen molar-refractivity contribution >= 4 is 23.6 Å². The summed E-state index contributed by atoms with van der Waals surface area (Å²) in [6.07, 6.45) is 3.66. The van der Waals surface area contributed by atoms with Crippen molar-refractivity contribution in [1.82, 2.24) is 4.90 Å². The molecule has 5 heteroatoms. The van der Waals surface area contributed by atoms with Crippen LogP contribution < -0.4 is 5.32 Å². The first-order valence-electron chi connectivity index (χ1n) is 8.08. The number of fused-ring (bicyclic) bond motifs is 1. The molecule has 1 aliphatic rings. The van der Waals surface area contributed by atoms with E-state index in [1.807, 2.05) is 30.3 Å². The molecule has 2 aromatic rings.